The molecule has 18 heavy (non-hydrogen) atoms. The first-order valence-corrected chi connectivity index (χ1v) is 7.54. The van der Waals surface area contributed by atoms with Crippen molar-refractivity contribution in [1.82, 2.24) is 14.5 Å². The van der Waals surface area contributed by atoms with E-state index in [-0.39, 0.29) is 5.91 Å². The maximum Gasteiger partial charge on any atom is 0.246 e. The van der Waals surface area contributed by atoms with Crippen molar-refractivity contribution in [3.8, 4) is 0 Å². The lowest BCUT2D eigenvalue weighted by Crippen LogP contribution is -2.52. The van der Waals surface area contributed by atoms with Crippen molar-refractivity contribution >= 4 is 21.7 Å². The number of aromatic nitrogens is 2. The van der Waals surface area contributed by atoms with Gasteiger partial charge in [0.1, 0.15) is 11.9 Å². The second-order valence-electron chi connectivity index (χ2n) is 4.39. The van der Waals surface area contributed by atoms with Crippen molar-refractivity contribution in [3.05, 3.63) is 12.3 Å². The fourth-order valence-electron chi connectivity index (χ4n) is 2.10. The molecule has 1 N–H and O–H groups in total. The third-order valence-corrected chi connectivity index (χ3v) is 3.58. The number of rotatable bonds is 3. The first-order chi connectivity index (χ1) is 8.38. The topological polar surface area (TPSA) is 84.3 Å². The van der Waals surface area contributed by atoms with Gasteiger partial charge in [0.05, 0.1) is 12.5 Å². The minimum absolute atomic E-state index is 0.227. The van der Waals surface area contributed by atoms with Crippen LogP contribution in [0.1, 0.15) is 12.8 Å². The molecule has 0 unspecified atom stereocenters. The molecule has 0 spiro atoms. The number of amides is 1. The number of carbonyl (C=O) groups is 1. The molecule has 0 bridgehead atoms. The molecule has 1 aromatic rings. The van der Waals surface area contributed by atoms with Crippen LogP contribution < -0.4 is 9.62 Å². The van der Waals surface area contributed by atoms with Crippen LogP contribution in [0.2, 0.25) is 0 Å². The summed E-state index contributed by atoms with van der Waals surface area (Å²) in [5.41, 5.74) is 0. The molecule has 2 heterocycles. The predicted octanol–water partition coefficient (Wildman–Crippen LogP) is -0.535. The molecule has 100 valence electrons. The van der Waals surface area contributed by atoms with E-state index in [1.807, 2.05) is 0 Å². The average molecular weight is 272 g/mol. The van der Waals surface area contributed by atoms with Crippen LogP contribution in [0.15, 0.2) is 12.3 Å². The van der Waals surface area contributed by atoms with Crippen LogP contribution in [0.25, 0.3) is 0 Å². The first kappa shape index (κ1) is 13.0. The van der Waals surface area contributed by atoms with Crippen LogP contribution in [0, 0.1) is 0 Å². The quantitative estimate of drug-likeness (QED) is 0.801. The van der Waals surface area contributed by atoms with E-state index in [0.717, 1.165) is 12.7 Å². The number of anilines is 1. The van der Waals surface area contributed by atoms with Crippen LogP contribution in [-0.4, -0.2) is 42.9 Å². The highest BCUT2D eigenvalue weighted by Crippen LogP contribution is 2.20. The zero-order chi connectivity index (χ0) is 13.3. The van der Waals surface area contributed by atoms with Gasteiger partial charge in [0.15, 0.2) is 0 Å². The number of sulfonamides is 1. The molecule has 1 atom stereocenters. The van der Waals surface area contributed by atoms with Gasteiger partial charge in [-0.2, -0.15) is 5.10 Å². The lowest BCUT2D eigenvalue weighted by molar-refractivity contribution is -0.121. The molecule has 1 aliphatic heterocycles. The Morgan fingerprint density at radius 2 is 2.22 bits per heavy atom. The number of nitrogens with zero attached hydrogens (tertiary/aromatic N) is 3. The molecule has 1 amide bonds. The Bertz CT molecular complexity index is 551. The van der Waals surface area contributed by atoms with Gasteiger partial charge in [-0.1, -0.05) is 0 Å². The lowest BCUT2D eigenvalue weighted by atomic mass is 10.1. The Kier molecular flexibility index (Phi) is 3.40. The second-order valence-corrected chi connectivity index (χ2v) is 6.17. The number of carbonyl (C=O) groups excluding carboxylic acids is 1. The Labute approximate surface area is 106 Å². The summed E-state index contributed by atoms with van der Waals surface area (Å²) >= 11 is 0. The van der Waals surface area contributed by atoms with Crippen LogP contribution in [0.5, 0.6) is 0 Å². The summed E-state index contributed by atoms with van der Waals surface area (Å²) < 4.78 is 26.4. The van der Waals surface area contributed by atoms with Crippen molar-refractivity contribution in [2.45, 2.75) is 18.9 Å². The van der Waals surface area contributed by atoms with E-state index in [1.165, 1.54) is 0 Å². The van der Waals surface area contributed by atoms with Crippen molar-refractivity contribution in [2.24, 2.45) is 7.05 Å². The van der Waals surface area contributed by atoms with Gasteiger partial charge in [0.25, 0.3) is 0 Å². The average Bonchev–Trinajstić information content (AvgIpc) is 2.66. The third kappa shape index (κ3) is 2.70. The van der Waals surface area contributed by atoms with Gasteiger partial charge in [0.2, 0.25) is 15.9 Å². The summed E-state index contributed by atoms with van der Waals surface area (Å²) in [4.78, 5) is 13.8. The van der Waals surface area contributed by atoms with Gasteiger partial charge < -0.3 is 0 Å². The molecule has 1 fully saturated rings. The van der Waals surface area contributed by atoms with Gasteiger partial charge in [-0.15, -0.1) is 0 Å². The minimum Gasteiger partial charge on any atom is -0.296 e. The summed E-state index contributed by atoms with van der Waals surface area (Å²) in [5, 5.41) is 4.01. The zero-order valence-corrected chi connectivity index (χ0v) is 11.1. The molecule has 1 aliphatic rings. The van der Waals surface area contributed by atoms with Crippen LogP contribution in [0.4, 0.5) is 5.82 Å². The maximum atomic E-state index is 12.2. The Hall–Kier alpha value is -1.41. The lowest BCUT2D eigenvalue weighted by Gasteiger charge is -2.31. The molecule has 0 radical (unpaired) electrons. The Morgan fingerprint density at radius 3 is 2.78 bits per heavy atom. The number of piperidine rings is 1. The first-order valence-electron chi connectivity index (χ1n) is 5.65. The normalized spacial score (nSPS) is 21.3. The summed E-state index contributed by atoms with van der Waals surface area (Å²) in [6.07, 6.45) is 3.95. The van der Waals surface area contributed by atoms with E-state index >= 15 is 0 Å². The van der Waals surface area contributed by atoms with Crippen LogP contribution in [-0.2, 0) is 21.9 Å². The SMILES string of the molecule is Cn1nccc1N1CCC[C@@H](NS(C)(=O)=O)C1=O. The van der Waals surface area contributed by atoms with Crippen molar-refractivity contribution < 1.29 is 13.2 Å². The number of aryl methyl sites for hydroxylation is 1. The Balaban J connectivity index is 2.20. The minimum atomic E-state index is -3.38. The fraction of sp³-hybridized carbons (Fsp3) is 0.600. The third-order valence-electron chi connectivity index (χ3n) is 2.87. The second kappa shape index (κ2) is 4.69. The summed E-state index contributed by atoms with van der Waals surface area (Å²) in [6.45, 7) is 0.584. The van der Waals surface area contributed by atoms with Crippen LogP contribution in [0.3, 0.4) is 0 Å². The molecule has 0 aliphatic carbocycles. The molecular formula is C10H16N4O3S. The van der Waals surface area contributed by atoms with E-state index < -0.39 is 16.1 Å². The van der Waals surface area contributed by atoms with Gasteiger partial charge in [-0.05, 0) is 12.8 Å². The molecule has 0 saturated carbocycles. The molecular weight excluding hydrogens is 256 g/mol. The van der Waals surface area contributed by atoms with E-state index in [4.69, 9.17) is 0 Å². The molecule has 8 heteroatoms. The maximum absolute atomic E-state index is 12.2. The highest BCUT2D eigenvalue weighted by molar-refractivity contribution is 7.88. The summed E-state index contributed by atoms with van der Waals surface area (Å²) in [6, 6.07) is 1.06. The predicted molar refractivity (Wildman–Crippen MR) is 66.6 cm³/mol. The number of hydrogen-bond acceptors (Lipinski definition) is 4. The van der Waals surface area contributed by atoms with E-state index in [9.17, 15) is 13.2 Å². The molecule has 7 nitrogen and oxygen atoms in total. The van der Waals surface area contributed by atoms with Crippen LogP contribution >= 0.6 is 0 Å². The number of nitrogens with one attached hydrogen (secondary N) is 1. The molecule has 1 saturated heterocycles. The molecule has 0 aromatic carbocycles. The number of hydrogen-bond donors (Lipinski definition) is 1. The fourth-order valence-corrected chi connectivity index (χ4v) is 2.84. The highest BCUT2D eigenvalue weighted by atomic mass is 32.2. The monoisotopic (exact) mass is 272 g/mol. The van der Waals surface area contributed by atoms with E-state index in [2.05, 4.69) is 9.82 Å². The smallest absolute Gasteiger partial charge is 0.246 e. The zero-order valence-electron chi connectivity index (χ0n) is 10.3. The van der Waals surface area contributed by atoms with Gasteiger partial charge in [0, 0.05) is 19.7 Å². The summed E-state index contributed by atoms with van der Waals surface area (Å²) in [7, 11) is -1.63. The van der Waals surface area contributed by atoms with Crippen molar-refractivity contribution in [3.63, 3.8) is 0 Å². The van der Waals surface area contributed by atoms with Crippen molar-refractivity contribution in [1.29, 1.82) is 0 Å². The largest absolute Gasteiger partial charge is 0.296 e. The van der Waals surface area contributed by atoms with Gasteiger partial charge in [-0.25, -0.2) is 13.1 Å². The summed E-state index contributed by atoms with van der Waals surface area (Å²) in [5.74, 6) is 0.454. The standard InChI is InChI=1S/C10H16N4O3S/c1-13-9(5-6-11-13)14-7-3-4-8(10(14)15)12-18(2,16)17/h5-6,8,12H,3-4,7H2,1-2H3/t8-/m1/s1. The van der Waals surface area contributed by atoms with E-state index in [0.29, 0.717) is 18.8 Å². The van der Waals surface area contributed by atoms with Crippen molar-refractivity contribution in [2.75, 3.05) is 17.7 Å². The Morgan fingerprint density at radius 1 is 1.50 bits per heavy atom. The molecule has 1 aromatic heterocycles. The van der Waals surface area contributed by atoms with E-state index in [1.54, 1.807) is 28.9 Å². The van der Waals surface area contributed by atoms with Gasteiger partial charge in [-0.3, -0.25) is 14.4 Å². The highest BCUT2D eigenvalue weighted by Gasteiger charge is 2.32. The van der Waals surface area contributed by atoms with Gasteiger partial charge >= 0.3 is 0 Å². The molecule has 2 rings (SSSR count).